The van der Waals surface area contributed by atoms with Gasteiger partial charge in [-0.25, -0.2) is 4.79 Å². The molecule has 0 bridgehead atoms. The van der Waals surface area contributed by atoms with Crippen molar-refractivity contribution in [2.45, 2.75) is 198 Å². The van der Waals surface area contributed by atoms with E-state index in [9.17, 15) is 71.2 Å². The van der Waals surface area contributed by atoms with Crippen LogP contribution in [0.3, 0.4) is 0 Å². The monoisotopic (exact) mass is 970 g/mol. The van der Waals surface area contributed by atoms with Crippen molar-refractivity contribution in [1.82, 2.24) is 0 Å². The molecule has 4 saturated heterocycles. The van der Waals surface area contributed by atoms with Crippen LogP contribution in [0, 0.1) is 17.8 Å². The standard InChI is InChI=1S/C43H70O24/c1-58-25-7-16(8-26(59-2)32(25)51)3-6-30(49)60-14-28-33(52)35(54)38(57)41(65-28)62-15-29-34(53)36(55)40(67-42-37(56)31(50)23(48)13-61-42)43(66-29)64-27-12-19-21(46)10-18(44)11-24(19)63-39(27)17-4-5-20(45)22(47)9-17/h3,6,16-29,31-48,50-57H,4-5,7-15H2,1-2H3/t16?,17?,18?,19?,20?,21?,22?,23-,24?,25?,26?,27?,28-,29+,31+,32?,33-,34-,35+,36-,37-,38-,39?,40+,41-,42+,43+/m1/s1. The van der Waals surface area contributed by atoms with Gasteiger partial charge in [0.15, 0.2) is 18.9 Å². The number of fused-ring (bicyclic) bond motifs is 1. The van der Waals surface area contributed by atoms with Gasteiger partial charge in [-0.05, 0) is 63.2 Å². The molecule has 0 amide bonds. The van der Waals surface area contributed by atoms with E-state index in [1.165, 1.54) is 14.2 Å². The molecule has 4 heterocycles. The van der Waals surface area contributed by atoms with Crippen LogP contribution >= 0.6 is 0 Å². The lowest BCUT2D eigenvalue weighted by molar-refractivity contribution is -0.376. The summed E-state index contributed by atoms with van der Waals surface area (Å²) in [7, 11) is 2.91. The highest BCUT2D eigenvalue weighted by Gasteiger charge is 2.55. The molecule has 0 aromatic heterocycles. The van der Waals surface area contributed by atoms with Crippen molar-refractivity contribution in [3.8, 4) is 0 Å². The summed E-state index contributed by atoms with van der Waals surface area (Å²) in [5, 5.41) is 140. The molecule has 4 aliphatic heterocycles. The third kappa shape index (κ3) is 12.2. The van der Waals surface area contributed by atoms with E-state index in [2.05, 4.69) is 0 Å². The Morgan fingerprint density at radius 3 is 1.91 bits per heavy atom. The van der Waals surface area contributed by atoms with E-state index in [4.69, 9.17) is 47.4 Å². The molecule has 386 valence electrons. The first-order valence-electron chi connectivity index (χ1n) is 23.1. The van der Waals surface area contributed by atoms with Crippen molar-refractivity contribution < 1.29 is 119 Å². The number of carbonyl (C=O) groups is 1. The Kier molecular flexibility index (Phi) is 18.4. The number of rotatable bonds is 14. The second kappa shape index (κ2) is 23.3. The summed E-state index contributed by atoms with van der Waals surface area (Å²) >= 11 is 0. The Bertz CT molecular complexity index is 1580. The smallest absolute Gasteiger partial charge is 0.330 e. The van der Waals surface area contributed by atoms with E-state index in [-0.39, 0.29) is 38.0 Å². The number of hydrogen-bond acceptors (Lipinski definition) is 24. The van der Waals surface area contributed by atoms with E-state index in [1.54, 1.807) is 6.08 Å². The fourth-order valence-electron chi connectivity index (χ4n) is 10.6. The van der Waals surface area contributed by atoms with Crippen molar-refractivity contribution in [3.05, 3.63) is 12.2 Å². The minimum absolute atomic E-state index is 0.0661. The number of aliphatic hydroxyl groups excluding tert-OH is 13. The first kappa shape index (κ1) is 53.1. The molecule has 0 radical (unpaired) electrons. The van der Waals surface area contributed by atoms with Crippen molar-refractivity contribution in [2.75, 3.05) is 34.0 Å². The fourth-order valence-corrected chi connectivity index (χ4v) is 10.6. The molecular formula is C43H70O24. The fraction of sp³-hybridized carbons (Fsp3) is 0.930. The van der Waals surface area contributed by atoms with Gasteiger partial charge in [-0.2, -0.15) is 0 Å². The zero-order valence-corrected chi connectivity index (χ0v) is 37.3. The Morgan fingerprint density at radius 1 is 0.567 bits per heavy atom. The molecule has 25 atom stereocenters. The molecule has 67 heavy (non-hydrogen) atoms. The summed E-state index contributed by atoms with van der Waals surface area (Å²) in [6, 6.07) is 0. The van der Waals surface area contributed by atoms with Crippen LogP contribution < -0.4 is 0 Å². The van der Waals surface area contributed by atoms with E-state index < -0.39 is 185 Å². The highest BCUT2D eigenvalue weighted by molar-refractivity contribution is 5.81. The number of methoxy groups -OCH3 is 2. The van der Waals surface area contributed by atoms with Gasteiger partial charge in [0.2, 0.25) is 0 Å². The molecule has 13 N–H and O–H groups in total. The molecule has 7 rings (SSSR count). The third-order valence-corrected chi connectivity index (χ3v) is 14.6. The maximum atomic E-state index is 12.8. The molecule has 3 saturated carbocycles. The first-order chi connectivity index (χ1) is 31.9. The molecule has 7 aliphatic rings. The predicted molar refractivity (Wildman–Crippen MR) is 219 cm³/mol. The van der Waals surface area contributed by atoms with Crippen molar-refractivity contribution >= 4 is 5.97 Å². The van der Waals surface area contributed by atoms with Crippen LogP contribution in [-0.4, -0.2) is 253 Å². The van der Waals surface area contributed by atoms with Crippen LogP contribution in [0.15, 0.2) is 12.2 Å². The molecule has 3 aliphatic carbocycles. The van der Waals surface area contributed by atoms with Crippen molar-refractivity contribution in [1.29, 1.82) is 0 Å². The number of ether oxygens (including phenoxy) is 10. The van der Waals surface area contributed by atoms with Gasteiger partial charge in [0.25, 0.3) is 0 Å². The quantitative estimate of drug-likeness (QED) is 0.0570. The summed E-state index contributed by atoms with van der Waals surface area (Å²) in [6.07, 6.45) is -27.6. The Labute approximate surface area is 386 Å². The Hall–Kier alpha value is -1.67. The minimum Gasteiger partial charge on any atom is -0.460 e. The van der Waals surface area contributed by atoms with Gasteiger partial charge < -0.3 is 114 Å². The van der Waals surface area contributed by atoms with E-state index >= 15 is 0 Å². The van der Waals surface area contributed by atoms with Gasteiger partial charge >= 0.3 is 5.97 Å². The second-order valence-electron chi connectivity index (χ2n) is 19.1. The van der Waals surface area contributed by atoms with Crippen LogP contribution in [0.4, 0.5) is 0 Å². The number of esters is 1. The number of allylic oxidation sites excluding steroid dienone is 1. The topological polar surface area (TPSA) is 372 Å². The summed E-state index contributed by atoms with van der Waals surface area (Å²) < 4.78 is 58.2. The Morgan fingerprint density at radius 2 is 1.22 bits per heavy atom. The summed E-state index contributed by atoms with van der Waals surface area (Å²) in [4.78, 5) is 12.8. The van der Waals surface area contributed by atoms with Crippen molar-refractivity contribution in [2.24, 2.45) is 17.8 Å². The highest BCUT2D eigenvalue weighted by Crippen LogP contribution is 2.44. The predicted octanol–water partition coefficient (Wildman–Crippen LogP) is -5.82. The average molecular weight is 971 g/mol. The van der Waals surface area contributed by atoms with Crippen molar-refractivity contribution in [3.63, 3.8) is 0 Å². The number of hydrogen-bond donors (Lipinski definition) is 13. The van der Waals surface area contributed by atoms with Gasteiger partial charge in [0, 0.05) is 26.2 Å². The zero-order valence-electron chi connectivity index (χ0n) is 37.3. The summed E-state index contributed by atoms with van der Waals surface area (Å²) in [5.41, 5.74) is 0. The van der Waals surface area contributed by atoms with Gasteiger partial charge in [-0.1, -0.05) is 6.08 Å². The lowest BCUT2D eigenvalue weighted by Crippen LogP contribution is -2.65. The van der Waals surface area contributed by atoms with Gasteiger partial charge in [0.1, 0.15) is 79.9 Å². The van der Waals surface area contributed by atoms with Gasteiger partial charge in [-0.15, -0.1) is 0 Å². The molecule has 0 aromatic carbocycles. The molecule has 0 spiro atoms. The van der Waals surface area contributed by atoms with Crippen LogP contribution in [-0.2, 0) is 52.2 Å². The third-order valence-electron chi connectivity index (χ3n) is 14.6. The SMILES string of the molecule is COC1CC(C=CC(=O)OC[C@H]2O[C@@H](OC[C@@H]3O[C@H](OC4CC5C(O)CC(O)CC5OC4C4CCC(O)C(O)C4)[C@@H](O[C@@H]4OC[C@@H](O)[C@H](O)[C@H]4O)[C@H](O)[C@@H]3O)[C@H](O)[C@@H](O)[C@@H]2O)CC(OC)C1O. The molecule has 24 heteroatoms. The second-order valence-corrected chi connectivity index (χ2v) is 19.1. The first-order valence-corrected chi connectivity index (χ1v) is 23.1. The summed E-state index contributed by atoms with van der Waals surface area (Å²) in [6.45, 7) is -1.76. The number of aliphatic hydroxyl groups is 13. The van der Waals surface area contributed by atoms with Gasteiger partial charge in [-0.3, -0.25) is 0 Å². The van der Waals surface area contributed by atoms with E-state index in [0.717, 1.165) is 6.08 Å². The van der Waals surface area contributed by atoms with E-state index in [0.29, 0.717) is 19.3 Å². The van der Waals surface area contributed by atoms with Crippen LogP contribution in [0.2, 0.25) is 0 Å². The normalized spacial score (nSPS) is 51.0. The van der Waals surface area contributed by atoms with E-state index in [1.807, 2.05) is 0 Å². The zero-order chi connectivity index (χ0) is 48.4. The maximum absolute atomic E-state index is 12.8. The van der Waals surface area contributed by atoms with Gasteiger partial charge in [0.05, 0.1) is 68.1 Å². The average Bonchev–Trinajstić information content (AvgIpc) is 3.30. The molecule has 0 aromatic rings. The number of carbonyl (C=O) groups excluding carboxylic acids is 1. The highest BCUT2D eigenvalue weighted by atomic mass is 16.8. The van der Waals surface area contributed by atoms with Crippen LogP contribution in [0.25, 0.3) is 0 Å². The van der Waals surface area contributed by atoms with Crippen LogP contribution in [0.5, 0.6) is 0 Å². The molecule has 7 fully saturated rings. The Balaban J connectivity index is 1.05. The molecule has 24 nitrogen and oxygen atoms in total. The lowest BCUT2D eigenvalue weighted by atomic mass is 9.72. The summed E-state index contributed by atoms with van der Waals surface area (Å²) in [5.74, 6) is -1.99. The van der Waals surface area contributed by atoms with Crippen LogP contribution in [0.1, 0.15) is 51.4 Å². The lowest BCUT2D eigenvalue weighted by Gasteiger charge is -2.51. The minimum atomic E-state index is -1.92. The molecular weight excluding hydrogens is 900 g/mol. The molecule has 11 unspecified atom stereocenters. The maximum Gasteiger partial charge on any atom is 0.330 e. The largest absolute Gasteiger partial charge is 0.460 e.